The number of rotatable bonds is 4. The van der Waals surface area contributed by atoms with Gasteiger partial charge in [-0.15, -0.1) is 11.8 Å². The fourth-order valence-corrected chi connectivity index (χ4v) is 2.33. The summed E-state index contributed by atoms with van der Waals surface area (Å²) in [6, 6.07) is 13.3. The topological polar surface area (TPSA) is 101 Å². The predicted molar refractivity (Wildman–Crippen MR) is 90.4 cm³/mol. The molecule has 0 aliphatic carbocycles. The molecule has 2 rings (SSSR count). The minimum absolute atomic E-state index is 0.137. The molecule has 4 N–H and O–H groups in total. The summed E-state index contributed by atoms with van der Waals surface area (Å²) in [7, 11) is 0. The van der Waals surface area contributed by atoms with E-state index in [1.165, 1.54) is 23.9 Å². The third-order valence-electron chi connectivity index (χ3n) is 2.97. The van der Waals surface area contributed by atoms with Crippen LogP contribution in [-0.2, 0) is 9.59 Å². The van der Waals surface area contributed by atoms with E-state index in [1.54, 1.807) is 30.3 Å². The SMILES string of the molecule is CSc1cccc(NC(=O)C(=O)Nc2ccccc2C(N)=O)c1. The summed E-state index contributed by atoms with van der Waals surface area (Å²) in [5.74, 6) is -2.40. The minimum atomic E-state index is -0.881. The largest absolute Gasteiger partial charge is 0.366 e. The Morgan fingerprint density at radius 3 is 2.35 bits per heavy atom. The molecule has 0 radical (unpaired) electrons. The Morgan fingerprint density at radius 2 is 1.65 bits per heavy atom. The number of benzene rings is 2. The summed E-state index contributed by atoms with van der Waals surface area (Å²) in [4.78, 5) is 36.2. The lowest BCUT2D eigenvalue weighted by molar-refractivity contribution is -0.133. The molecule has 0 aromatic heterocycles. The molecule has 0 bridgehead atoms. The van der Waals surface area contributed by atoms with Gasteiger partial charge in [0, 0.05) is 10.6 Å². The Labute approximate surface area is 137 Å². The average molecular weight is 329 g/mol. The second kappa shape index (κ2) is 7.46. The molecule has 6 nitrogen and oxygen atoms in total. The fraction of sp³-hybridized carbons (Fsp3) is 0.0625. The third kappa shape index (κ3) is 4.33. The predicted octanol–water partition coefficient (Wildman–Crippen LogP) is 2.08. The van der Waals surface area contributed by atoms with Gasteiger partial charge in [0.1, 0.15) is 0 Å². The van der Waals surface area contributed by atoms with Crippen LogP contribution in [0.25, 0.3) is 0 Å². The van der Waals surface area contributed by atoms with Gasteiger partial charge in [0.25, 0.3) is 5.91 Å². The van der Waals surface area contributed by atoms with Gasteiger partial charge in [-0.3, -0.25) is 14.4 Å². The van der Waals surface area contributed by atoms with Gasteiger partial charge in [0.15, 0.2) is 0 Å². The first-order chi connectivity index (χ1) is 11.0. The number of anilines is 2. The highest BCUT2D eigenvalue weighted by Gasteiger charge is 2.17. The molecule has 0 unspecified atom stereocenters. The highest BCUT2D eigenvalue weighted by molar-refractivity contribution is 7.98. The summed E-state index contributed by atoms with van der Waals surface area (Å²) in [5.41, 5.74) is 6.07. The van der Waals surface area contributed by atoms with Crippen LogP contribution in [0.1, 0.15) is 10.4 Å². The van der Waals surface area contributed by atoms with Crippen molar-refractivity contribution in [2.45, 2.75) is 4.90 Å². The Morgan fingerprint density at radius 1 is 0.957 bits per heavy atom. The average Bonchev–Trinajstić information content (AvgIpc) is 2.55. The van der Waals surface area contributed by atoms with E-state index in [-0.39, 0.29) is 11.3 Å². The first-order valence-electron chi connectivity index (χ1n) is 6.66. The molecule has 0 atom stereocenters. The summed E-state index contributed by atoms with van der Waals surface area (Å²) in [5, 5.41) is 4.89. The van der Waals surface area contributed by atoms with Crippen LogP contribution in [-0.4, -0.2) is 24.0 Å². The van der Waals surface area contributed by atoms with Crippen LogP contribution in [0.15, 0.2) is 53.4 Å². The lowest BCUT2D eigenvalue weighted by atomic mass is 10.1. The summed E-state index contributed by atoms with van der Waals surface area (Å²) in [6.07, 6.45) is 1.91. The highest BCUT2D eigenvalue weighted by atomic mass is 32.2. The van der Waals surface area contributed by atoms with Crippen molar-refractivity contribution in [2.24, 2.45) is 5.73 Å². The van der Waals surface area contributed by atoms with E-state index in [0.717, 1.165) is 4.90 Å². The van der Waals surface area contributed by atoms with E-state index < -0.39 is 17.7 Å². The van der Waals surface area contributed by atoms with E-state index >= 15 is 0 Å². The molecule has 0 spiro atoms. The molecular weight excluding hydrogens is 314 g/mol. The van der Waals surface area contributed by atoms with Crippen LogP contribution in [0.4, 0.5) is 11.4 Å². The van der Waals surface area contributed by atoms with Crippen molar-refractivity contribution in [1.29, 1.82) is 0 Å². The molecule has 0 aliphatic rings. The standard InChI is InChI=1S/C16H15N3O3S/c1-23-11-6-4-5-10(9-11)18-15(21)16(22)19-13-8-3-2-7-12(13)14(17)20/h2-9H,1H3,(H2,17,20)(H,18,21)(H,19,22). The molecule has 0 saturated carbocycles. The van der Waals surface area contributed by atoms with E-state index in [1.807, 2.05) is 12.3 Å². The Kier molecular flexibility index (Phi) is 5.37. The monoisotopic (exact) mass is 329 g/mol. The molecular formula is C16H15N3O3S. The van der Waals surface area contributed by atoms with Crippen LogP contribution in [0.3, 0.4) is 0 Å². The maximum absolute atomic E-state index is 12.0. The van der Waals surface area contributed by atoms with E-state index in [2.05, 4.69) is 10.6 Å². The minimum Gasteiger partial charge on any atom is -0.366 e. The van der Waals surface area contributed by atoms with Crippen LogP contribution in [0, 0.1) is 0 Å². The van der Waals surface area contributed by atoms with Gasteiger partial charge in [-0.2, -0.15) is 0 Å². The molecule has 0 saturated heterocycles. The normalized spacial score (nSPS) is 9.96. The zero-order valence-corrected chi connectivity index (χ0v) is 13.1. The lowest BCUT2D eigenvalue weighted by Gasteiger charge is -2.09. The smallest absolute Gasteiger partial charge is 0.314 e. The highest BCUT2D eigenvalue weighted by Crippen LogP contribution is 2.19. The lowest BCUT2D eigenvalue weighted by Crippen LogP contribution is -2.30. The zero-order valence-electron chi connectivity index (χ0n) is 12.3. The second-order valence-corrected chi connectivity index (χ2v) is 5.43. The maximum atomic E-state index is 12.0. The number of para-hydroxylation sites is 1. The van der Waals surface area contributed by atoms with Crippen LogP contribution in [0.5, 0.6) is 0 Å². The van der Waals surface area contributed by atoms with Gasteiger partial charge in [-0.05, 0) is 36.6 Å². The molecule has 23 heavy (non-hydrogen) atoms. The molecule has 0 heterocycles. The third-order valence-corrected chi connectivity index (χ3v) is 3.70. The first-order valence-corrected chi connectivity index (χ1v) is 7.89. The van der Waals surface area contributed by atoms with E-state index in [0.29, 0.717) is 5.69 Å². The van der Waals surface area contributed by atoms with Crippen molar-refractivity contribution in [3.63, 3.8) is 0 Å². The van der Waals surface area contributed by atoms with Crippen molar-refractivity contribution < 1.29 is 14.4 Å². The number of hydrogen-bond acceptors (Lipinski definition) is 4. The van der Waals surface area contributed by atoms with Crippen molar-refractivity contribution in [3.8, 4) is 0 Å². The Bertz CT molecular complexity index is 762. The van der Waals surface area contributed by atoms with Gasteiger partial charge in [0.05, 0.1) is 11.3 Å². The molecule has 0 fully saturated rings. The Hall–Kier alpha value is -2.80. The van der Waals surface area contributed by atoms with Gasteiger partial charge in [-0.1, -0.05) is 18.2 Å². The van der Waals surface area contributed by atoms with Gasteiger partial charge in [-0.25, -0.2) is 0 Å². The number of hydrogen-bond donors (Lipinski definition) is 3. The van der Waals surface area contributed by atoms with Crippen LogP contribution < -0.4 is 16.4 Å². The van der Waals surface area contributed by atoms with Crippen molar-refractivity contribution in [3.05, 3.63) is 54.1 Å². The second-order valence-electron chi connectivity index (χ2n) is 4.55. The molecule has 2 aromatic carbocycles. The van der Waals surface area contributed by atoms with E-state index in [4.69, 9.17) is 5.73 Å². The number of thioether (sulfide) groups is 1. The number of amides is 3. The summed E-state index contributed by atoms with van der Waals surface area (Å²) >= 11 is 1.52. The fourth-order valence-electron chi connectivity index (χ4n) is 1.87. The molecule has 118 valence electrons. The number of carbonyl (C=O) groups excluding carboxylic acids is 3. The Balaban J connectivity index is 2.09. The van der Waals surface area contributed by atoms with Crippen LogP contribution >= 0.6 is 11.8 Å². The maximum Gasteiger partial charge on any atom is 0.314 e. The van der Waals surface area contributed by atoms with Gasteiger partial charge in [0.2, 0.25) is 0 Å². The molecule has 3 amide bonds. The number of primary amides is 1. The first kappa shape index (κ1) is 16.6. The van der Waals surface area contributed by atoms with Gasteiger partial charge >= 0.3 is 11.8 Å². The van der Waals surface area contributed by atoms with Gasteiger partial charge < -0.3 is 16.4 Å². The molecule has 0 aliphatic heterocycles. The van der Waals surface area contributed by atoms with Crippen LogP contribution in [0.2, 0.25) is 0 Å². The van der Waals surface area contributed by atoms with E-state index in [9.17, 15) is 14.4 Å². The number of nitrogens with one attached hydrogen (secondary N) is 2. The number of nitrogens with two attached hydrogens (primary N) is 1. The number of carbonyl (C=O) groups is 3. The zero-order chi connectivity index (χ0) is 16.8. The quantitative estimate of drug-likeness (QED) is 0.590. The van der Waals surface area contributed by atoms with Crippen molar-refractivity contribution in [1.82, 2.24) is 0 Å². The molecule has 7 heteroatoms. The summed E-state index contributed by atoms with van der Waals surface area (Å²) < 4.78 is 0. The molecule has 2 aromatic rings. The van der Waals surface area contributed by atoms with Crippen molar-refractivity contribution >= 4 is 40.9 Å². The van der Waals surface area contributed by atoms with Crippen molar-refractivity contribution in [2.75, 3.05) is 16.9 Å². The summed E-state index contributed by atoms with van der Waals surface area (Å²) in [6.45, 7) is 0.